The maximum atomic E-state index is 14.3. The molecule has 1 aliphatic heterocycles. The Kier molecular flexibility index (Phi) is 15.7. The van der Waals surface area contributed by atoms with Gasteiger partial charge in [-0.15, -0.1) is 5.06 Å². The molecule has 0 unspecified atom stereocenters. The van der Waals surface area contributed by atoms with E-state index < -0.39 is 70.3 Å². The first-order chi connectivity index (χ1) is 24.8. The molecule has 0 aliphatic carbocycles. The van der Waals surface area contributed by atoms with Gasteiger partial charge in [0.15, 0.2) is 0 Å². The molecule has 14 nitrogen and oxygen atoms in total. The van der Waals surface area contributed by atoms with Crippen LogP contribution in [0, 0.1) is 11.3 Å². The zero-order valence-corrected chi connectivity index (χ0v) is 34.2. The zero-order valence-electron chi connectivity index (χ0n) is 34.2. The minimum Gasteiger partial charge on any atom is -0.460 e. The average molecular weight is 756 g/mol. The molecule has 0 radical (unpaired) electrons. The summed E-state index contributed by atoms with van der Waals surface area (Å²) in [4.78, 5) is 98.3. The van der Waals surface area contributed by atoms with Crippen LogP contribution in [0.1, 0.15) is 107 Å². The van der Waals surface area contributed by atoms with E-state index in [0.717, 1.165) is 5.56 Å². The predicted octanol–water partition coefficient (Wildman–Crippen LogP) is 3.73. The monoisotopic (exact) mass is 755 g/mol. The number of carbonyl (C=O) groups excluding carboxylic acids is 7. The van der Waals surface area contributed by atoms with E-state index in [2.05, 4.69) is 16.0 Å². The summed E-state index contributed by atoms with van der Waals surface area (Å²) in [7, 11) is 3.31. The minimum absolute atomic E-state index is 0.118. The molecular formula is C40H61N5O9. The molecule has 300 valence electrons. The van der Waals surface area contributed by atoms with Crippen molar-refractivity contribution < 1.29 is 43.1 Å². The Morgan fingerprint density at radius 3 is 1.93 bits per heavy atom. The molecule has 1 aromatic carbocycles. The van der Waals surface area contributed by atoms with Crippen molar-refractivity contribution in [3.8, 4) is 0 Å². The highest BCUT2D eigenvalue weighted by Gasteiger charge is 2.42. The van der Waals surface area contributed by atoms with Gasteiger partial charge in [-0.2, -0.15) is 0 Å². The van der Waals surface area contributed by atoms with E-state index in [9.17, 15) is 33.6 Å². The third kappa shape index (κ3) is 12.5. The van der Waals surface area contributed by atoms with Crippen molar-refractivity contribution >= 4 is 41.5 Å². The van der Waals surface area contributed by atoms with Gasteiger partial charge in [-0.1, -0.05) is 84.9 Å². The highest BCUT2D eigenvalue weighted by molar-refractivity contribution is 6.02. The number of imide groups is 1. The smallest absolute Gasteiger partial charge is 0.355 e. The molecule has 0 spiro atoms. The van der Waals surface area contributed by atoms with Crippen molar-refractivity contribution in [3.63, 3.8) is 0 Å². The molecule has 14 heteroatoms. The van der Waals surface area contributed by atoms with Crippen LogP contribution in [0.15, 0.2) is 42.0 Å². The van der Waals surface area contributed by atoms with Crippen LogP contribution in [0.5, 0.6) is 0 Å². The second-order valence-electron chi connectivity index (χ2n) is 16.8. The Morgan fingerprint density at radius 1 is 0.889 bits per heavy atom. The van der Waals surface area contributed by atoms with E-state index in [1.54, 1.807) is 40.9 Å². The number of amides is 5. The maximum absolute atomic E-state index is 14.3. The van der Waals surface area contributed by atoms with Crippen molar-refractivity contribution in [2.45, 2.75) is 137 Å². The summed E-state index contributed by atoms with van der Waals surface area (Å²) in [6, 6.07) is 5.98. The van der Waals surface area contributed by atoms with Crippen molar-refractivity contribution in [3.05, 3.63) is 47.5 Å². The normalized spacial score (nSPS) is 16.3. The van der Waals surface area contributed by atoms with Gasteiger partial charge in [0.2, 0.25) is 17.7 Å². The average Bonchev–Trinajstić information content (AvgIpc) is 3.38. The van der Waals surface area contributed by atoms with Crippen LogP contribution in [-0.2, 0) is 48.6 Å². The SMILES string of the molecule is CN[C@H](C(=O)N[C@H](C(=O)N(C)[C@H](/C=C(\C)C(=O)N[C@H](CCC(=O)OC(C)(C)C)C(=O)ON1C(=O)CCC1=O)C(C)C)C(C)(C)C)C(C)(C)c1ccccc1. The molecule has 0 bridgehead atoms. The van der Waals surface area contributed by atoms with Gasteiger partial charge < -0.3 is 30.4 Å². The summed E-state index contributed by atoms with van der Waals surface area (Å²) in [6.07, 6.45) is 0.847. The lowest BCUT2D eigenvalue weighted by molar-refractivity contribution is -0.199. The molecule has 2 rings (SSSR count). The number of nitrogens with zero attached hydrogens (tertiary/aromatic N) is 2. The number of ether oxygens (including phenoxy) is 1. The second kappa shape index (κ2) is 18.6. The van der Waals surface area contributed by atoms with E-state index in [1.807, 2.05) is 78.8 Å². The Morgan fingerprint density at radius 2 is 1.44 bits per heavy atom. The molecule has 1 aliphatic rings. The highest BCUT2D eigenvalue weighted by atomic mass is 16.7. The first kappa shape index (κ1) is 45.6. The number of esters is 1. The number of nitrogens with one attached hydrogen (secondary N) is 3. The summed E-state index contributed by atoms with van der Waals surface area (Å²) in [6.45, 7) is 19.8. The molecule has 0 aromatic heterocycles. The highest BCUT2D eigenvalue weighted by Crippen LogP contribution is 2.29. The molecule has 5 amide bonds. The molecule has 1 fully saturated rings. The van der Waals surface area contributed by atoms with Crippen LogP contribution in [0.25, 0.3) is 0 Å². The Bertz CT molecular complexity index is 1560. The molecule has 3 N–H and O–H groups in total. The van der Waals surface area contributed by atoms with Crippen LogP contribution in [0.3, 0.4) is 0 Å². The quantitative estimate of drug-likeness (QED) is 0.128. The fourth-order valence-electron chi connectivity index (χ4n) is 6.15. The number of carbonyl (C=O) groups is 7. The molecule has 1 heterocycles. The molecule has 54 heavy (non-hydrogen) atoms. The van der Waals surface area contributed by atoms with Gasteiger partial charge in [0, 0.05) is 37.3 Å². The van der Waals surface area contributed by atoms with E-state index in [-0.39, 0.29) is 49.0 Å². The van der Waals surface area contributed by atoms with Gasteiger partial charge in [0.1, 0.15) is 17.7 Å². The zero-order chi connectivity index (χ0) is 41.3. The van der Waals surface area contributed by atoms with Crippen molar-refractivity contribution in [2.24, 2.45) is 11.3 Å². The van der Waals surface area contributed by atoms with Crippen LogP contribution < -0.4 is 16.0 Å². The summed E-state index contributed by atoms with van der Waals surface area (Å²) in [5.74, 6) is -4.73. The van der Waals surface area contributed by atoms with E-state index >= 15 is 0 Å². The molecule has 0 saturated carbocycles. The number of hydrogen-bond donors (Lipinski definition) is 3. The predicted molar refractivity (Wildman–Crippen MR) is 203 cm³/mol. The van der Waals surface area contributed by atoms with Gasteiger partial charge >= 0.3 is 11.9 Å². The lowest BCUT2D eigenvalue weighted by Gasteiger charge is -2.40. The number of benzene rings is 1. The van der Waals surface area contributed by atoms with E-state index in [1.165, 1.54) is 11.8 Å². The Hall–Kier alpha value is -4.59. The molecular weight excluding hydrogens is 694 g/mol. The first-order valence-corrected chi connectivity index (χ1v) is 18.4. The minimum atomic E-state index is -1.42. The number of rotatable bonds is 16. The fraction of sp³-hybridized carbons (Fsp3) is 0.625. The maximum Gasteiger partial charge on any atom is 0.355 e. The van der Waals surface area contributed by atoms with Gasteiger partial charge in [-0.3, -0.25) is 28.8 Å². The Balaban J connectivity index is 2.34. The Labute approximate surface area is 320 Å². The number of hydrogen-bond acceptors (Lipinski definition) is 10. The second-order valence-corrected chi connectivity index (χ2v) is 16.8. The largest absolute Gasteiger partial charge is 0.460 e. The summed E-state index contributed by atoms with van der Waals surface area (Å²) in [5, 5.41) is 9.08. The first-order valence-electron chi connectivity index (χ1n) is 18.4. The molecule has 1 aromatic rings. The molecule has 1 saturated heterocycles. The summed E-state index contributed by atoms with van der Waals surface area (Å²) >= 11 is 0. The molecule has 4 atom stereocenters. The van der Waals surface area contributed by atoms with E-state index in [4.69, 9.17) is 9.57 Å². The number of hydroxylamine groups is 2. The summed E-state index contributed by atoms with van der Waals surface area (Å²) < 4.78 is 5.34. The number of likely N-dealkylation sites (N-methyl/N-ethyl adjacent to an activating group) is 2. The lowest BCUT2D eigenvalue weighted by Crippen LogP contribution is -2.61. The van der Waals surface area contributed by atoms with Gasteiger partial charge in [0.25, 0.3) is 11.8 Å². The standard InChI is InChI=1S/C40H61N5O9/c1-24(2)28(44(13)36(51)33(38(4,5)6)43-35(50)32(41-12)40(10,11)26-17-15-14-16-18-26)23-25(3)34(49)42-27(19-22-31(48)53-39(7,8)9)37(52)54-45-29(46)20-21-30(45)47/h14-18,23-24,27-28,32-33,41H,19-22H2,1-13H3,(H,42,49)(H,43,50)/b25-23+/t27-,28-,32-,33-/m1/s1. The topological polar surface area (TPSA) is 181 Å². The summed E-state index contributed by atoms with van der Waals surface area (Å²) in [5.41, 5.74) is -1.02. The van der Waals surface area contributed by atoms with Gasteiger partial charge in [0.05, 0.1) is 12.1 Å². The van der Waals surface area contributed by atoms with Crippen LogP contribution in [0.4, 0.5) is 0 Å². The third-order valence-electron chi connectivity index (χ3n) is 9.28. The fourth-order valence-corrected chi connectivity index (χ4v) is 6.15. The third-order valence-corrected chi connectivity index (χ3v) is 9.28. The van der Waals surface area contributed by atoms with Crippen molar-refractivity contribution in [2.75, 3.05) is 14.1 Å². The van der Waals surface area contributed by atoms with Crippen LogP contribution >= 0.6 is 0 Å². The van der Waals surface area contributed by atoms with E-state index in [0.29, 0.717) is 5.06 Å². The van der Waals surface area contributed by atoms with Gasteiger partial charge in [-0.25, -0.2) is 4.79 Å². The van der Waals surface area contributed by atoms with Crippen LogP contribution in [-0.4, -0.2) is 95.3 Å². The van der Waals surface area contributed by atoms with Crippen molar-refractivity contribution in [1.29, 1.82) is 0 Å². The van der Waals surface area contributed by atoms with Crippen molar-refractivity contribution in [1.82, 2.24) is 25.9 Å². The lowest BCUT2D eigenvalue weighted by atomic mass is 9.76. The van der Waals surface area contributed by atoms with Gasteiger partial charge in [-0.05, 0) is 58.1 Å². The van der Waals surface area contributed by atoms with Crippen LogP contribution in [0.2, 0.25) is 0 Å².